The predicted octanol–water partition coefficient (Wildman–Crippen LogP) is 4.88. The lowest BCUT2D eigenvalue weighted by Crippen LogP contribution is -2.46. The van der Waals surface area contributed by atoms with Gasteiger partial charge in [0.05, 0.1) is 12.3 Å². The molecule has 0 radical (unpaired) electrons. The van der Waals surface area contributed by atoms with Gasteiger partial charge < -0.3 is 9.72 Å². The number of aromatic nitrogens is 1. The van der Waals surface area contributed by atoms with Gasteiger partial charge in [0.2, 0.25) is 0 Å². The normalized spacial score (nSPS) is 19.5. The summed E-state index contributed by atoms with van der Waals surface area (Å²) in [6.45, 7) is 3.67. The standard InChI is InChI=1S/C24H25FN2O/c25-19-8-9-22-21(17-19)20-10-16-28-24(23(20)26-22)11-14-27(15-12-24)13-4-7-18-5-2-1-3-6-18/h1-9,17,26H,10-16H2/b7-4-. The number of piperidine rings is 1. The third-order valence-corrected chi connectivity index (χ3v) is 6.19. The Morgan fingerprint density at radius 2 is 1.93 bits per heavy atom. The molecule has 5 rings (SSSR count). The lowest BCUT2D eigenvalue weighted by Gasteiger charge is -2.43. The third-order valence-electron chi connectivity index (χ3n) is 6.19. The Morgan fingerprint density at radius 3 is 2.75 bits per heavy atom. The Bertz CT molecular complexity index is 1000. The summed E-state index contributed by atoms with van der Waals surface area (Å²) >= 11 is 0. The molecule has 0 atom stereocenters. The highest BCUT2D eigenvalue weighted by molar-refractivity contribution is 5.85. The van der Waals surface area contributed by atoms with Crippen LogP contribution in [0.5, 0.6) is 0 Å². The Labute approximate surface area is 164 Å². The molecular formula is C24H25FN2O. The van der Waals surface area contributed by atoms with E-state index >= 15 is 0 Å². The summed E-state index contributed by atoms with van der Waals surface area (Å²) in [7, 11) is 0. The second-order valence-corrected chi connectivity index (χ2v) is 7.87. The van der Waals surface area contributed by atoms with Gasteiger partial charge in [0.25, 0.3) is 0 Å². The van der Waals surface area contributed by atoms with E-state index in [1.54, 1.807) is 6.07 Å². The molecule has 1 aromatic heterocycles. The van der Waals surface area contributed by atoms with Gasteiger partial charge in [-0.2, -0.15) is 0 Å². The van der Waals surface area contributed by atoms with E-state index in [0.717, 1.165) is 49.8 Å². The number of nitrogens with zero attached hydrogens (tertiary/aromatic N) is 1. The first kappa shape index (κ1) is 17.7. The summed E-state index contributed by atoms with van der Waals surface area (Å²) in [6, 6.07) is 15.4. The van der Waals surface area contributed by atoms with Gasteiger partial charge in [-0.3, -0.25) is 4.90 Å². The fourth-order valence-electron chi connectivity index (χ4n) is 4.68. The smallest absolute Gasteiger partial charge is 0.123 e. The largest absolute Gasteiger partial charge is 0.368 e. The minimum absolute atomic E-state index is 0.171. The number of fused-ring (bicyclic) bond motifs is 4. The minimum Gasteiger partial charge on any atom is -0.368 e. The average Bonchev–Trinajstić information content (AvgIpc) is 3.10. The predicted molar refractivity (Wildman–Crippen MR) is 111 cm³/mol. The van der Waals surface area contributed by atoms with Gasteiger partial charge in [-0.1, -0.05) is 42.5 Å². The molecule has 0 aliphatic carbocycles. The summed E-state index contributed by atoms with van der Waals surface area (Å²) < 4.78 is 20.1. The van der Waals surface area contributed by atoms with Crippen LogP contribution in [0.25, 0.3) is 17.0 Å². The Hall–Kier alpha value is -2.43. The topological polar surface area (TPSA) is 28.3 Å². The van der Waals surface area contributed by atoms with Gasteiger partial charge in [0.1, 0.15) is 11.4 Å². The van der Waals surface area contributed by atoms with Crippen molar-refractivity contribution in [3.05, 3.63) is 77.2 Å². The van der Waals surface area contributed by atoms with Gasteiger partial charge in [-0.25, -0.2) is 4.39 Å². The van der Waals surface area contributed by atoms with Gasteiger partial charge in [0, 0.05) is 30.5 Å². The third kappa shape index (κ3) is 3.17. The van der Waals surface area contributed by atoms with Crippen LogP contribution in [0, 0.1) is 5.82 Å². The van der Waals surface area contributed by atoms with E-state index in [-0.39, 0.29) is 11.4 Å². The summed E-state index contributed by atoms with van der Waals surface area (Å²) in [5, 5.41) is 1.02. The zero-order chi connectivity index (χ0) is 19.0. The Morgan fingerprint density at radius 1 is 1.11 bits per heavy atom. The summed E-state index contributed by atoms with van der Waals surface area (Å²) in [6.07, 6.45) is 7.21. The second kappa shape index (κ2) is 7.19. The molecule has 2 aliphatic rings. The first-order chi connectivity index (χ1) is 13.7. The summed E-state index contributed by atoms with van der Waals surface area (Å²) in [4.78, 5) is 6.04. The number of H-pyrrole nitrogens is 1. The maximum absolute atomic E-state index is 13.8. The first-order valence-corrected chi connectivity index (χ1v) is 10.1. The number of hydrogen-bond donors (Lipinski definition) is 1. The minimum atomic E-state index is -0.247. The molecule has 1 fully saturated rings. The van der Waals surface area contributed by atoms with Crippen LogP contribution in [-0.2, 0) is 16.8 Å². The number of hydrogen-bond acceptors (Lipinski definition) is 2. The average molecular weight is 376 g/mol. The van der Waals surface area contributed by atoms with Gasteiger partial charge >= 0.3 is 0 Å². The van der Waals surface area contributed by atoms with Crippen LogP contribution in [0.1, 0.15) is 29.7 Å². The second-order valence-electron chi connectivity index (χ2n) is 7.87. The van der Waals surface area contributed by atoms with Crippen molar-refractivity contribution in [1.82, 2.24) is 9.88 Å². The van der Waals surface area contributed by atoms with Gasteiger partial charge in [-0.15, -0.1) is 0 Å². The molecule has 2 aromatic carbocycles. The van der Waals surface area contributed by atoms with Crippen molar-refractivity contribution < 1.29 is 9.13 Å². The number of benzene rings is 2. The molecule has 0 saturated carbocycles. The lowest BCUT2D eigenvalue weighted by atomic mass is 9.83. The van der Waals surface area contributed by atoms with Crippen molar-refractivity contribution in [2.24, 2.45) is 0 Å². The molecule has 3 heterocycles. The summed E-state index contributed by atoms with van der Waals surface area (Å²) in [5.41, 5.74) is 4.44. The van der Waals surface area contributed by atoms with Crippen LogP contribution >= 0.6 is 0 Å². The maximum atomic E-state index is 13.8. The van der Waals surface area contributed by atoms with Crippen molar-refractivity contribution in [3.63, 3.8) is 0 Å². The van der Waals surface area contributed by atoms with Crippen LogP contribution in [0.15, 0.2) is 54.6 Å². The van der Waals surface area contributed by atoms with Crippen molar-refractivity contribution >= 4 is 17.0 Å². The molecule has 28 heavy (non-hydrogen) atoms. The van der Waals surface area contributed by atoms with Gasteiger partial charge in [-0.05, 0) is 48.6 Å². The van der Waals surface area contributed by atoms with Crippen LogP contribution in [-0.4, -0.2) is 36.1 Å². The van der Waals surface area contributed by atoms with Crippen LogP contribution in [0.2, 0.25) is 0 Å². The number of nitrogens with one attached hydrogen (secondary N) is 1. The van der Waals surface area contributed by atoms with Crippen LogP contribution < -0.4 is 0 Å². The molecule has 0 amide bonds. The highest BCUT2D eigenvalue weighted by Gasteiger charge is 2.42. The Balaban J connectivity index is 1.31. The van der Waals surface area contributed by atoms with E-state index in [2.05, 4.69) is 46.3 Å². The molecule has 1 saturated heterocycles. The molecule has 1 N–H and O–H groups in total. The first-order valence-electron chi connectivity index (χ1n) is 10.1. The van der Waals surface area contributed by atoms with E-state index in [0.29, 0.717) is 6.61 Å². The fraction of sp³-hybridized carbons (Fsp3) is 0.333. The molecule has 3 aromatic rings. The lowest BCUT2D eigenvalue weighted by molar-refractivity contribution is -0.0989. The van der Waals surface area contributed by atoms with E-state index in [1.165, 1.54) is 22.9 Å². The number of ether oxygens (including phenoxy) is 1. The zero-order valence-electron chi connectivity index (χ0n) is 16.0. The number of likely N-dealkylation sites (tertiary alicyclic amines) is 1. The van der Waals surface area contributed by atoms with E-state index < -0.39 is 0 Å². The van der Waals surface area contributed by atoms with Crippen LogP contribution in [0.4, 0.5) is 4.39 Å². The zero-order valence-corrected chi connectivity index (χ0v) is 16.0. The maximum Gasteiger partial charge on any atom is 0.123 e. The molecule has 0 unspecified atom stereocenters. The van der Waals surface area contributed by atoms with Crippen LogP contribution in [0.3, 0.4) is 0 Å². The van der Waals surface area contributed by atoms with Gasteiger partial charge in [0.15, 0.2) is 0 Å². The van der Waals surface area contributed by atoms with Crippen molar-refractivity contribution in [2.75, 3.05) is 26.2 Å². The summed E-state index contributed by atoms with van der Waals surface area (Å²) in [5.74, 6) is -0.171. The van der Waals surface area contributed by atoms with Crippen molar-refractivity contribution in [1.29, 1.82) is 0 Å². The van der Waals surface area contributed by atoms with Crippen molar-refractivity contribution in [2.45, 2.75) is 24.9 Å². The molecule has 4 heteroatoms. The highest BCUT2D eigenvalue weighted by Crippen LogP contribution is 2.43. The Kier molecular flexibility index (Phi) is 4.53. The SMILES string of the molecule is Fc1ccc2[nH]c3c(c2c1)CCOC31CCN(C/C=C\c2ccccc2)CC1. The highest BCUT2D eigenvalue weighted by atomic mass is 19.1. The van der Waals surface area contributed by atoms with E-state index in [4.69, 9.17) is 4.74 Å². The molecule has 3 nitrogen and oxygen atoms in total. The van der Waals surface area contributed by atoms with E-state index in [9.17, 15) is 4.39 Å². The molecule has 0 bridgehead atoms. The molecular weight excluding hydrogens is 351 g/mol. The molecule has 144 valence electrons. The van der Waals surface area contributed by atoms with E-state index in [1.807, 2.05) is 12.1 Å². The quantitative estimate of drug-likeness (QED) is 0.705. The molecule has 1 spiro atoms. The fourth-order valence-corrected chi connectivity index (χ4v) is 4.68. The number of aromatic amines is 1. The monoisotopic (exact) mass is 376 g/mol. The number of rotatable bonds is 3. The van der Waals surface area contributed by atoms with Crippen molar-refractivity contribution in [3.8, 4) is 0 Å². The number of halogens is 1. The molecule has 2 aliphatic heterocycles.